The van der Waals surface area contributed by atoms with Crippen LogP contribution in [0.15, 0.2) is 18.2 Å². The van der Waals surface area contributed by atoms with Gasteiger partial charge < -0.3 is 5.73 Å². The van der Waals surface area contributed by atoms with Crippen molar-refractivity contribution in [3.63, 3.8) is 0 Å². The van der Waals surface area contributed by atoms with Crippen LogP contribution in [0, 0.1) is 23.2 Å². The number of benzene rings is 1. The number of hydrogen-bond donors (Lipinski definition) is 2. The molecule has 0 spiro atoms. The van der Waals surface area contributed by atoms with E-state index in [1.54, 1.807) is 18.2 Å². The van der Waals surface area contributed by atoms with E-state index in [-0.39, 0.29) is 0 Å². The molecule has 0 aliphatic heterocycles. The van der Waals surface area contributed by atoms with Crippen molar-refractivity contribution in [3.05, 3.63) is 29.3 Å². The van der Waals surface area contributed by atoms with E-state index in [0.717, 1.165) is 17.7 Å². The monoisotopic (exact) mass is 202 g/mol. The van der Waals surface area contributed by atoms with Gasteiger partial charge in [-0.05, 0) is 18.2 Å². The van der Waals surface area contributed by atoms with E-state index in [1.165, 1.54) is 0 Å². The average Bonchev–Trinajstić information content (AvgIpc) is 2.18. The van der Waals surface area contributed by atoms with Crippen LogP contribution in [0.4, 0.5) is 5.69 Å². The quantitative estimate of drug-likeness (QED) is 0.414. The van der Waals surface area contributed by atoms with E-state index in [0.29, 0.717) is 11.3 Å². The normalized spacial score (nSPS) is 8.57. The molecule has 0 radical (unpaired) electrons. The van der Waals surface area contributed by atoms with E-state index < -0.39 is 0 Å². The minimum atomic E-state index is 0.477. The Bertz CT molecular complexity index is 421. The van der Waals surface area contributed by atoms with Crippen molar-refractivity contribution in [2.45, 2.75) is 6.42 Å². The molecule has 1 aromatic carbocycles. The number of hydrogen-bond acceptors (Lipinski definition) is 3. The van der Waals surface area contributed by atoms with Gasteiger partial charge in [-0.2, -0.15) is 17.9 Å². The van der Waals surface area contributed by atoms with Crippen molar-refractivity contribution in [2.24, 2.45) is 0 Å². The van der Waals surface area contributed by atoms with Crippen LogP contribution in [0.25, 0.3) is 0 Å². The third-order valence-corrected chi connectivity index (χ3v) is 1.87. The lowest BCUT2D eigenvalue weighted by Gasteiger charge is -1.96. The molecule has 2 nitrogen and oxygen atoms in total. The maximum Gasteiger partial charge on any atom is 0.101 e. The summed E-state index contributed by atoms with van der Waals surface area (Å²) in [6.45, 7) is 0. The molecule has 2 N–H and O–H groups in total. The lowest BCUT2D eigenvalue weighted by molar-refractivity contribution is 1.31. The summed E-state index contributed by atoms with van der Waals surface area (Å²) in [5.41, 5.74) is 7.43. The van der Waals surface area contributed by atoms with Gasteiger partial charge in [-0.15, -0.1) is 0 Å². The zero-order valence-corrected chi connectivity index (χ0v) is 8.51. The van der Waals surface area contributed by atoms with Crippen LogP contribution in [0.1, 0.15) is 17.5 Å². The van der Waals surface area contributed by atoms with Crippen LogP contribution in [-0.2, 0) is 0 Å². The van der Waals surface area contributed by atoms with Gasteiger partial charge in [0.05, 0.1) is 11.3 Å². The number of nitrogens with zero attached hydrogens (tertiary/aromatic N) is 1. The van der Waals surface area contributed by atoms with Crippen LogP contribution in [-0.4, -0.2) is 5.75 Å². The van der Waals surface area contributed by atoms with Crippen LogP contribution in [0.2, 0.25) is 0 Å². The van der Waals surface area contributed by atoms with Gasteiger partial charge in [0.2, 0.25) is 0 Å². The number of nitriles is 1. The van der Waals surface area contributed by atoms with E-state index in [9.17, 15) is 0 Å². The first-order valence-corrected chi connectivity index (χ1v) is 4.80. The van der Waals surface area contributed by atoms with Crippen molar-refractivity contribution in [1.29, 1.82) is 5.26 Å². The molecule has 0 aromatic heterocycles. The zero-order chi connectivity index (χ0) is 10.4. The van der Waals surface area contributed by atoms with Gasteiger partial charge >= 0.3 is 0 Å². The summed E-state index contributed by atoms with van der Waals surface area (Å²) in [6.07, 6.45) is 0.753. The predicted octanol–water partition coefficient (Wildman–Crippen LogP) is 1.81. The standard InChI is InChI=1S/C11H10N2S/c12-8-10-5-4-9(7-11(10)13)3-1-2-6-14/h4-5,7,14H,2,6,13H2. The smallest absolute Gasteiger partial charge is 0.101 e. The van der Waals surface area contributed by atoms with Crippen LogP contribution < -0.4 is 5.73 Å². The van der Waals surface area contributed by atoms with Gasteiger partial charge in [-0.25, -0.2) is 0 Å². The Morgan fingerprint density at radius 2 is 2.21 bits per heavy atom. The first-order chi connectivity index (χ1) is 6.77. The Labute approximate surface area is 89.1 Å². The molecule has 0 amide bonds. The van der Waals surface area contributed by atoms with Crippen LogP contribution in [0.5, 0.6) is 0 Å². The van der Waals surface area contributed by atoms with Crippen molar-refractivity contribution < 1.29 is 0 Å². The molecule has 0 fully saturated rings. The average molecular weight is 202 g/mol. The highest BCUT2D eigenvalue weighted by Gasteiger charge is 1.96. The fraction of sp³-hybridized carbons (Fsp3) is 0.182. The maximum absolute atomic E-state index is 8.65. The molecular weight excluding hydrogens is 192 g/mol. The van der Waals surface area contributed by atoms with Crippen LogP contribution >= 0.6 is 12.6 Å². The summed E-state index contributed by atoms with van der Waals surface area (Å²) >= 11 is 4.05. The molecule has 0 saturated heterocycles. The minimum Gasteiger partial charge on any atom is -0.398 e. The summed E-state index contributed by atoms with van der Waals surface area (Å²) in [4.78, 5) is 0. The number of thiol groups is 1. The predicted molar refractivity (Wildman–Crippen MR) is 60.9 cm³/mol. The second kappa shape index (κ2) is 5.21. The first kappa shape index (κ1) is 10.5. The Morgan fingerprint density at radius 3 is 2.79 bits per heavy atom. The highest BCUT2D eigenvalue weighted by molar-refractivity contribution is 7.80. The van der Waals surface area contributed by atoms with E-state index in [1.807, 2.05) is 6.07 Å². The fourth-order valence-electron chi connectivity index (χ4n) is 0.963. The molecule has 3 heteroatoms. The van der Waals surface area contributed by atoms with Gasteiger partial charge in [0.15, 0.2) is 0 Å². The molecule has 0 atom stereocenters. The Morgan fingerprint density at radius 1 is 1.43 bits per heavy atom. The third-order valence-electron chi connectivity index (χ3n) is 1.64. The van der Waals surface area contributed by atoms with Crippen molar-refractivity contribution in [2.75, 3.05) is 11.5 Å². The van der Waals surface area contributed by atoms with E-state index in [2.05, 4.69) is 24.5 Å². The summed E-state index contributed by atoms with van der Waals surface area (Å²) in [6, 6.07) is 7.19. The number of nitrogen functional groups attached to an aromatic ring is 1. The maximum atomic E-state index is 8.65. The second-order valence-corrected chi connectivity index (χ2v) is 3.14. The summed E-state index contributed by atoms with van der Waals surface area (Å²) < 4.78 is 0. The molecular formula is C11H10N2S. The molecule has 1 rings (SSSR count). The van der Waals surface area contributed by atoms with E-state index >= 15 is 0 Å². The molecule has 0 heterocycles. The highest BCUT2D eigenvalue weighted by atomic mass is 32.1. The lowest BCUT2D eigenvalue weighted by Crippen LogP contribution is -1.90. The fourth-order valence-corrected chi connectivity index (χ4v) is 1.07. The molecule has 0 bridgehead atoms. The number of rotatable bonds is 1. The minimum absolute atomic E-state index is 0.477. The number of nitrogens with two attached hydrogens (primary N) is 1. The van der Waals surface area contributed by atoms with Gasteiger partial charge in [0.25, 0.3) is 0 Å². The third kappa shape index (κ3) is 2.73. The Kier molecular flexibility index (Phi) is 3.91. The van der Waals surface area contributed by atoms with Crippen LogP contribution in [0.3, 0.4) is 0 Å². The molecule has 70 valence electrons. The zero-order valence-electron chi connectivity index (χ0n) is 7.62. The molecule has 0 saturated carbocycles. The molecule has 14 heavy (non-hydrogen) atoms. The summed E-state index contributed by atoms with van der Waals surface area (Å²) in [7, 11) is 0. The lowest BCUT2D eigenvalue weighted by atomic mass is 10.1. The summed E-state index contributed by atoms with van der Waals surface area (Å²) in [5, 5.41) is 8.65. The Balaban J connectivity index is 2.89. The van der Waals surface area contributed by atoms with Crippen molar-refractivity contribution in [3.8, 4) is 17.9 Å². The first-order valence-electron chi connectivity index (χ1n) is 4.17. The molecule has 0 aliphatic rings. The van der Waals surface area contributed by atoms with Gasteiger partial charge in [0, 0.05) is 17.7 Å². The molecule has 0 aliphatic carbocycles. The molecule has 0 unspecified atom stereocenters. The van der Waals surface area contributed by atoms with Crippen molar-refractivity contribution >= 4 is 18.3 Å². The van der Waals surface area contributed by atoms with Gasteiger partial charge in [0.1, 0.15) is 6.07 Å². The van der Waals surface area contributed by atoms with Gasteiger partial charge in [-0.1, -0.05) is 11.8 Å². The Hall–Kier alpha value is -1.58. The topological polar surface area (TPSA) is 49.8 Å². The SMILES string of the molecule is N#Cc1ccc(C#CCCS)cc1N. The van der Waals surface area contributed by atoms with E-state index in [4.69, 9.17) is 11.0 Å². The largest absolute Gasteiger partial charge is 0.398 e. The summed E-state index contributed by atoms with van der Waals surface area (Å²) in [5.74, 6) is 6.65. The van der Waals surface area contributed by atoms with Gasteiger partial charge in [-0.3, -0.25) is 0 Å². The second-order valence-electron chi connectivity index (χ2n) is 2.69. The molecule has 1 aromatic rings. The number of anilines is 1. The van der Waals surface area contributed by atoms with Crippen molar-refractivity contribution in [1.82, 2.24) is 0 Å². The highest BCUT2D eigenvalue weighted by Crippen LogP contribution is 2.12.